The van der Waals surface area contributed by atoms with Gasteiger partial charge in [-0.3, -0.25) is 9.59 Å². The predicted octanol–water partition coefficient (Wildman–Crippen LogP) is 2.60. The molecule has 1 rings (SSSR count). The number of carbonyl (C=O) groups excluding carboxylic acids is 3. The van der Waals surface area contributed by atoms with Crippen molar-refractivity contribution < 1.29 is 28.6 Å². The summed E-state index contributed by atoms with van der Waals surface area (Å²) in [5.41, 5.74) is -1.99. The quantitative estimate of drug-likeness (QED) is 0.498. The summed E-state index contributed by atoms with van der Waals surface area (Å²) in [7, 11) is 2.33. The summed E-state index contributed by atoms with van der Waals surface area (Å²) >= 11 is 0. The molecule has 0 bridgehead atoms. The number of hydrogen-bond acceptors (Lipinski definition) is 6. The Morgan fingerprint density at radius 2 is 1.40 bits per heavy atom. The molecule has 7 heteroatoms. The third-order valence-electron chi connectivity index (χ3n) is 3.59. The lowest BCUT2D eigenvalue weighted by Crippen LogP contribution is -2.51. The Bertz CT molecular complexity index is 604. The molecule has 0 heterocycles. The second kappa shape index (κ2) is 8.00. The second-order valence-electron chi connectivity index (χ2n) is 6.68. The van der Waals surface area contributed by atoms with E-state index in [-0.39, 0.29) is 0 Å². The highest BCUT2D eigenvalue weighted by molar-refractivity contribution is 6.01. The SMILES string of the molecule is COC(=O)C(C)(C(=O)OC)[C@H](NC(=O)OC(C)(C)C)c1ccccc1. The van der Waals surface area contributed by atoms with Crippen LogP contribution >= 0.6 is 0 Å². The van der Waals surface area contributed by atoms with Crippen LogP contribution in [-0.2, 0) is 23.8 Å². The summed E-state index contributed by atoms with van der Waals surface area (Å²) < 4.78 is 14.8. The van der Waals surface area contributed by atoms with Crippen molar-refractivity contribution in [2.75, 3.05) is 14.2 Å². The Balaban J connectivity index is 3.36. The van der Waals surface area contributed by atoms with Gasteiger partial charge in [-0.05, 0) is 33.3 Å². The number of amides is 1. The smallest absolute Gasteiger partial charge is 0.408 e. The maximum Gasteiger partial charge on any atom is 0.408 e. The van der Waals surface area contributed by atoms with Gasteiger partial charge in [-0.1, -0.05) is 30.3 Å². The molecule has 0 aliphatic carbocycles. The highest BCUT2D eigenvalue weighted by atomic mass is 16.6. The van der Waals surface area contributed by atoms with Gasteiger partial charge in [-0.25, -0.2) is 4.79 Å². The Kier molecular flexibility index (Phi) is 6.55. The van der Waals surface area contributed by atoms with Crippen LogP contribution in [0.15, 0.2) is 30.3 Å². The van der Waals surface area contributed by atoms with E-state index in [1.54, 1.807) is 51.1 Å². The van der Waals surface area contributed by atoms with Gasteiger partial charge in [-0.15, -0.1) is 0 Å². The van der Waals surface area contributed by atoms with Crippen LogP contribution in [0.1, 0.15) is 39.3 Å². The fourth-order valence-corrected chi connectivity index (χ4v) is 2.37. The molecule has 1 aromatic rings. The van der Waals surface area contributed by atoms with Crippen LogP contribution in [0.25, 0.3) is 0 Å². The lowest BCUT2D eigenvalue weighted by Gasteiger charge is -2.34. The number of ether oxygens (including phenoxy) is 3. The Morgan fingerprint density at radius 1 is 0.920 bits per heavy atom. The fourth-order valence-electron chi connectivity index (χ4n) is 2.37. The highest BCUT2D eigenvalue weighted by Crippen LogP contribution is 2.36. The van der Waals surface area contributed by atoms with Crippen molar-refractivity contribution in [2.24, 2.45) is 5.41 Å². The molecule has 1 amide bonds. The molecule has 138 valence electrons. The third kappa shape index (κ3) is 4.95. The molecule has 0 saturated carbocycles. The first-order valence-electron chi connectivity index (χ1n) is 7.77. The monoisotopic (exact) mass is 351 g/mol. The number of methoxy groups -OCH3 is 2. The van der Waals surface area contributed by atoms with E-state index < -0.39 is 35.1 Å². The van der Waals surface area contributed by atoms with Gasteiger partial charge >= 0.3 is 18.0 Å². The molecule has 0 fully saturated rings. The number of nitrogens with one attached hydrogen (secondary N) is 1. The largest absolute Gasteiger partial charge is 0.468 e. The molecule has 0 radical (unpaired) electrons. The van der Waals surface area contributed by atoms with E-state index in [1.165, 1.54) is 21.1 Å². The van der Waals surface area contributed by atoms with Gasteiger partial charge in [0.1, 0.15) is 5.60 Å². The molecule has 0 spiro atoms. The van der Waals surface area contributed by atoms with Gasteiger partial charge in [-0.2, -0.15) is 0 Å². The van der Waals surface area contributed by atoms with Crippen molar-refractivity contribution in [3.05, 3.63) is 35.9 Å². The third-order valence-corrected chi connectivity index (χ3v) is 3.59. The lowest BCUT2D eigenvalue weighted by molar-refractivity contribution is -0.170. The van der Waals surface area contributed by atoms with Crippen LogP contribution in [-0.4, -0.2) is 37.9 Å². The molecule has 0 saturated heterocycles. The van der Waals surface area contributed by atoms with Crippen molar-refractivity contribution in [2.45, 2.75) is 39.3 Å². The van der Waals surface area contributed by atoms with E-state index in [4.69, 9.17) is 14.2 Å². The van der Waals surface area contributed by atoms with E-state index in [9.17, 15) is 14.4 Å². The van der Waals surface area contributed by atoms with Crippen LogP contribution in [0.3, 0.4) is 0 Å². The summed E-state index contributed by atoms with van der Waals surface area (Å²) in [5, 5.41) is 2.60. The summed E-state index contributed by atoms with van der Waals surface area (Å²) in [6.07, 6.45) is -0.764. The van der Waals surface area contributed by atoms with Crippen molar-refractivity contribution in [1.29, 1.82) is 0 Å². The Labute approximate surface area is 147 Å². The molecule has 7 nitrogen and oxygen atoms in total. The number of esters is 2. The van der Waals surface area contributed by atoms with Crippen LogP contribution in [0.5, 0.6) is 0 Å². The van der Waals surface area contributed by atoms with E-state index in [0.29, 0.717) is 5.56 Å². The number of rotatable bonds is 5. The molecular formula is C18H25NO6. The molecule has 0 aliphatic heterocycles. The summed E-state index contributed by atoms with van der Waals surface area (Å²) in [5.74, 6) is -1.66. The first-order chi connectivity index (χ1) is 11.6. The van der Waals surface area contributed by atoms with Gasteiger partial charge in [0.05, 0.1) is 20.3 Å². The van der Waals surface area contributed by atoms with E-state index in [1.807, 2.05) is 0 Å². The van der Waals surface area contributed by atoms with E-state index >= 15 is 0 Å². The summed E-state index contributed by atoms with van der Waals surface area (Å²) in [6, 6.07) is 7.57. The first-order valence-corrected chi connectivity index (χ1v) is 7.77. The van der Waals surface area contributed by atoms with Crippen molar-refractivity contribution in [3.8, 4) is 0 Å². The standard InChI is InChI=1S/C18H25NO6/c1-17(2,3)25-16(22)19-13(12-10-8-7-9-11-12)18(4,14(20)23-5)15(21)24-6/h7-11,13H,1-6H3,(H,19,22)/t13-/m1/s1. The topological polar surface area (TPSA) is 90.9 Å². The van der Waals surface area contributed by atoms with Gasteiger partial charge in [0.25, 0.3) is 0 Å². The van der Waals surface area contributed by atoms with E-state index in [0.717, 1.165) is 0 Å². The van der Waals surface area contributed by atoms with Crippen LogP contribution in [0.2, 0.25) is 0 Å². The van der Waals surface area contributed by atoms with Crippen molar-refractivity contribution >= 4 is 18.0 Å². The number of carbonyl (C=O) groups is 3. The van der Waals surface area contributed by atoms with Gasteiger partial charge in [0.2, 0.25) is 0 Å². The lowest BCUT2D eigenvalue weighted by atomic mass is 9.78. The average molecular weight is 351 g/mol. The van der Waals surface area contributed by atoms with Crippen LogP contribution in [0.4, 0.5) is 4.79 Å². The minimum atomic E-state index is -1.79. The molecule has 0 unspecified atom stereocenters. The summed E-state index contributed by atoms with van der Waals surface area (Å²) in [6.45, 7) is 6.50. The van der Waals surface area contributed by atoms with Crippen molar-refractivity contribution in [1.82, 2.24) is 5.32 Å². The zero-order chi connectivity index (χ0) is 19.3. The fraction of sp³-hybridized carbons (Fsp3) is 0.500. The molecule has 1 N–H and O–H groups in total. The van der Waals surface area contributed by atoms with Crippen LogP contribution < -0.4 is 5.32 Å². The normalized spacial score (nSPS) is 12.7. The number of alkyl carbamates (subject to hydrolysis) is 1. The molecule has 1 aromatic carbocycles. The molecule has 25 heavy (non-hydrogen) atoms. The number of hydrogen-bond donors (Lipinski definition) is 1. The zero-order valence-corrected chi connectivity index (χ0v) is 15.4. The van der Waals surface area contributed by atoms with Crippen LogP contribution in [0, 0.1) is 5.41 Å². The molecule has 0 aliphatic rings. The maximum atomic E-state index is 12.4. The first kappa shape index (κ1) is 20.5. The Morgan fingerprint density at radius 3 is 1.80 bits per heavy atom. The van der Waals surface area contributed by atoms with Gasteiger partial charge in [0, 0.05) is 0 Å². The second-order valence-corrected chi connectivity index (χ2v) is 6.68. The molecule has 0 aromatic heterocycles. The van der Waals surface area contributed by atoms with Gasteiger partial charge < -0.3 is 19.5 Å². The highest BCUT2D eigenvalue weighted by Gasteiger charge is 2.52. The Hall–Kier alpha value is -2.57. The van der Waals surface area contributed by atoms with Crippen molar-refractivity contribution in [3.63, 3.8) is 0 Å². The molecule has 1 atom stereocenters. The predicted molar refractivity (Wildman–Crippen MR) is 90.7 cm³/mol. The summed E-state index contributed by atoms with van der Waals surface area (Å²) in [4.78, 5) is 37.1. The zero-order valence-electron chi connectivity index (χ0n) is 15.4. The van der Waals surface area contributed by atoms with E-state index in [2.05, 4.69) is 5.32 Å². The number of benzene rings is 1. The minimum Gasteiger partial charge on any atom is -0.468 e. The average Bonchev–Trinajstić information content (AvgIpc) is 2.56. The minimum absolute atomic E-state index is 0.534. The van der Waals surface area contributed by atoms with Gasteiger partial charge in [0.15, 0.2) is 5.41 Å². The molecular weight excluding hydrogens is 326 g/mol. The maximum absolute atomic E-state index is 12.4.